The first-order valence-electron chi connectivity index (χ1n) is 5.49. The van der Waals surface area contributed by atoms with E-state index in [2.05, 4.69) is 4.98 Å². The Hall–Kier alpha value is -1.73. The van der Waals surface area contributed by atoms with Gasteiger partial charge in [0, 0.05) is 18.3 Å². The fourth-order valence-corrected chi connectivity index (χ4v) is 1.94. The van der Waals surface area contributed by atoms with Crippen molar-refractivity contribution in [3.63, 3.8) is 0 Å². The van der Waals surface area contributed by atoms with Gasteiger partial charge in [-0.1, -0.05) is 12.2 Å². The number of thiocarbonyl (C=S) groups is 1. The highest BCUT2D eigenvalue weighted by Crippen LogP contribution is 2.17. The Kier molecular flexibility index (Phi) is 3.73. The van der Waals surface area contributed by atoms with Crippen LogP contribution < -0.4 is 16.4 Å². The van der Waals surface area contributed by atoms with E-state index in [9.17, 15) is 4.79 Å². The van der Waals surface area contributed by atoms with Crippen LogP contribution in [-0.2, 0) is 9.53 Å². The van der Waals surface area contributed by atoms with Crippen LogP contribution in [0.4, 0.5) is 5.82 Å². The van der Waals surface area contributed by atoms with Crippen LogP contribution in [0.25, 0.3) is 0 Å². The molecule has 1 aliphatic rings. The molecule has 1 aromatic rings. The van der Waals surface area contributed by atoms with Gasteiger partial charge in [0.2, 0.25) is 5.91 Å². The van der Waals surface area contributed by atoms with Crippen molar-refractivity contribution >= 4 is 28.9 Å². The SMILES string of the molecule is NC(=O)C1COCCN1c1ccc(C(N)=S)cn1. The van der Waals surface area contributed by atoms with Gasteiger partial charge in [0.1, 0.15) is 16.8 Å². The number of pyridine rings is 1. The van der Waals surface area contributed by atoms with Gasteiger partial charge in [0.15, 0.2) is 0 Å². The van der Waals surface area contributed by atoms with Gasteiger partial charge in [-0.05, 0) is 12.1 Å². The molecule has 1 aromatic heterocycles. The van der Waals surface area contributed by atoms with Crippen LogP contribution in [0.2, 0.25) is 0 Å². The van der Waals surface area contributed by atoms with Crippen molar-refractivity contribution in [3.8, 4) is 0 Å². The van der Waals surface area contributed by atoms with E-state index < -0.39 is 11.9 Å². The van der Waals surface area contributed by atoms with Crippen molar-refractivity contribution in [1.29, 1.82) is 0 Å². The molecule has 1 atom stereocenters. The number of ether oxygens (including phenoxy) is 1. The van der Waals surface area contributed by atoms with Gasteiger partial charge < -0.3 is 21.1 Å². The van der Waals surface area contributed by atoms with E-state index in [1.807, 2.05) is 4.90 Å². The monoisotopic (exact) mass is 266 g/mol. The van der Waals surface area contributed by atoms with Crippen molar-refractivity contribution in [1.82, 2.24) is 4.98 Å². The minimum absolute atomic E-state index is 0.286. The van der Waals surface area contributed by atoms with Gasteiger partial charge in [-0.25, -0.2) is 4.98 Å². The molecule has 0 aliphatic carbocycles. The Morgan fingerprint density at radius 1 is 1.50 bits per heavy atom. The summed E-state index contributed by atoms with van der Waals surface area (Å²) in [7, 11) is 0. The lowest BCUT2D eigenvalue weighted by Gasteiger charge is -2.34. The third-order valence-electron chi connectivity index (χ3n) is 2.78. The number of amides is 1. The predicted molar refractivity (Wildman–Crippen MR) is 71.3 cm³/mol. The number of primary amides is 1. The molecule has 18 heavy (non-hydrogen) atoms. The largest absolute Gasteiger partial charge is 0.389 e. The first-order valence-corrected chi connectivity index (χ1v) is 5.90. The summed E-state index contributed by atoms with van der Waals surface area (Å²) in [6.07, 6.45) is 1.59. The number of carbonyl (C=O) groups is 1. The molecule has 7 heteroatoms. The molecule has 0 bridgehead atoms. The second-order valence-electron chi connectivity index (χ2n) is 3.96. The maximum absolute atomic E-state index is 11.3. The molecule has 4 N–H and O–H groups in total. The second-order valence-corrected chi connectivity index (χ2v) is 4.40. The van der Waals surface area contributed by atoms with E-state index in [1.165, 1.54) is 0 Å². The molecule has 2 rings (SSSR count). The molecule has 0 spiro atoms. The summed E-state index contributed by atoms with van der Waals surface area (Å²) in [5.41, 5.74) is 11.5. The number of hydrogen-bond donors (Lipinski definition) is 2. The smallest absolute Gasteiger partial charge is 0.242 e. The standard InChI is InChI=1S/C11H14N4O2S/c12-10(16)8-6-17-4-3-15(8)9-2-1-7(5-14-9)11(13)18/h1-2,5,8H,3-4,6H2,(H2,12,16)(H2,13,18). The zero-order chi connectivity index (χ0) is 13.1. The van der Waals surface area contributed by atoms with Crippen LogP contribution in [0.1, 0.15) is 5.56 Å². The molecule has 0 radical (unpaired) electrons. The zero-order valence-corrected chi connectivity index (χ0v) is 10.5. The van der Waals surface area contributed by atoms with Gasteiger partial charge in [-0.2, -0.15) is 0 Å². The van der Waals surface area contributed by atoms with Crippen molar-refractivity contribution in [2.75, 3.05) is 24.7 Å². The Bertz CT molecular complexity index is 463. The zero-order valence-electron chi connectivity index (χ0n) is 9.70. The molecule has 96 valence electrons. The molecule has 1 amide bonds. The summed E-state index contributed by atoms with van der Waals surface area (Å²) < 4.78 is 5.25. The highest BCUT2D eigenvalue weighted by molar-refractivity contribution is 7.80. The second kappa shape index (κ2) is 5.28. The minimum atomic E-state index is -0.484. The van der Waals surface area contributed by atoms with E-state index in [0.717, 1.165) is 0 Å². The molecule has 1 unspecified atom stereocenters. The number of carbonyl (C=O) groups excluding carboxylic acids is 1. The topological polar surface area (TPSA) is 94.5 Å². The quantitative estimate of drug-likeness (QED) is 0.710. The Balaban J connectivity index is 2.23. The minimum Gasteiger partial charge on any atom is -0.389 e. The van der Waals surface area contributed by atoms with Gasteiger partial charge in [-0.3, -0.25) is 4.79 Å². The first kappa shape index (κ1) is 12.7. The Morgan fingerprint density at radius 3 is 2.83 bits per heavy atom. The van der Waals surface area contributed by atoms with Crippen molar-refractivity contribution in [2.45, 2.75) is 6.04 Å². The number of rotatable bonds is 3. The third kappa shape index (κ3) is 2.57. The van der Waals surface area contributed by atoms with Gasteiger partial charge in [-0.15, -0.1) is 0 Å². The first-order chi connectivity index (χ1) is 8.59. The van der Waals surface area contributed by atoms with Crippen LogP contribution in [0.3, 0.4) is 0 Å². The molecule has 6 nitrogen and oxygen atoms in total. The number of anilines is 1. The summed E-state index contributed by atoms with van der Waals surface area (Å²) in [5.74, 6) is 0.247. The molecule has 2 heterocycles. The summed E-state index contributed by atoms with van der Waals surface area (Å²) in [5, 5.41) is 0. The summed E-state index contributed by atoms with van der Waals surface area (Å²) in [4.78, 5) is 17.7. The highest BCUT2D eigenvalue weighted by Gasteiger charge is 2.28. The lowest BCUT2D eigenvalue weighted by Crippen LogP contribution is -2.53. The fraction of sp³-hybridized carbons (Fsp3) is 0.364. The Morgan fingerprint density at radius 2 is 2.28 bits per heavy atom. The normalized spacial score (nSPS) is 19.6. The van der Waals surface area contributed by atoms with Crippen LogP contribution in [0.15, 0.2) is 18.3 Å². The molecule has 0 saturated carbocycles. The average molecular weight is 266 g/mol. The van der Waals surface area contributed by atoms with Crippen molar-refractivity contribution in [2.24, 2.45) is 11.5 Å². The van der Waals surface area contributed by atoms with Crippen molar-refractivity contribution in [3.05, 3.63) is 23.9 Å². The number of hydrogen-bond acceptors (Lipinski definition) is 5. The predicted octanol–water partition coefficient (Wildman–Crippen LogP) is -0.594. The summed E-state index contributed by atoms with van der Waals surface area (Å²) >= 11 is 4.86. The third-order valence-corrected chi connectivity index (χ3v) is 3.02. The number of morpholine rings is 1. The molecular weight excluding hydrogens is 252 g/mol. The van der Waals surface area contributed by atoms with E-state index in [0.29, 0.717) is 29.5 Å². The molecular formula is C11H14N4O2S. The summed E-state index contributed by atoms with van der Waals surface area (Å²) in [6.45, 7) is 1.41. The van der Waals surface area contributed by atoms with Crippen molar-refractivity contribution < 1.29 is 9.53 Å². The van der Waals surface area contributed by atoms with Gasteiger partial charge in [0.25, 0.3) is 0 Å². The molecule has 0 aromatic carbocycles. The van der Waals surface area contributed by atoms with Crippen LogP contribution in [0.5, 0.6) is 0 Å². The lowest BCUT2D eigenvalue weighted by atomic mass is 10.2. The van der Waals surface area contributed by atoms with Crippen LogP contribution >= 0.6 is 12.2 Å². The van der Waals surface area contributed by atoms with E-state index in [-0.39, 0.29) is 6.61 Å². The van der Waals surface area contributed by atoms with Gasteiger partial charge in [0.05, 0.1) is 13.2 Å². The number of aromatic nitrogens is 1. The maximum Gasteiger partial charge on any atom is 0.242 e. The number of nitrogens with zero attached hydrogens (tertiary/aromatic N) is 2. The molecule has 1 saturated heterocycles. The average Bonchev–Trinajstić information content (AvgIpc) is 2.39. The number of nitrogens with two attached hydrogens (primary N) is 2. The molecule has 1 fully saturated rings. The maximum atomic E-state index is 11.3. The molecule has 1 aliphatic heterocycles. The van der Waals surface area contributed by atoms with Crippen LogP contribution in [-0.4, -0.2) is 41.7 Å². The lowest BCUT2D eigenvalue weighted by molar-refractivity contribution is -0.121. The van der Waals surface area contributed by atoms with E-state index in [4.69, 9.17) is 28.4 Å². The van der Waals surface area contributed by atoms with E-state index in [1.54, 1.807) is 18.3 Å². The fourth-order valence-electron chi connectivity index (χ4n) is 1.82. The van der Waals surface area contributed by atoms with Crippen LogP contribution in [0, 0.1) is 0 Å². The highest BCUT2D eigenvalue weighted by atomic mass is 32.1. The van der Waals surface area contributed by atoms with Gasteiger partial charge >= 0.3 is 0 Å². The van der Waals surface area contributed by atoms with E-state index >= 15 is 0 Å². The Labute approximate surface area is 110 Å². The summed E-state index contributed by atoms with van der Waals surface area (Å²) in [6, 6.07) is 3.07.